The fourth-order valence-corrected chi connectivity index (χ4v) is 3.04. The van der Waals surface area contributed by atoms with Gasteiger partial charge in [-0.2, -0.15) is 0 Å². The van der Waals surface area contributed by atoms with Gasteiger partial charge in [-0.1, -0.05) is 11.6 Å². The molecule has 140 valence electrons. The lowest BCUT2D eigenvalue weighted by molar-refractivity contribution is 0.0950. The fraction of sp³-hybridized carbons (Fsp3) is 0.333. The van der Waals surface area contributed by atoms with Crippen LogP contribution in [0.4, 0.5) is 0 Å². The molecule has 0 saturated carbocycles. The van der Waals surface area contributed by atoms with Gasteiger partial charge in [0.15, 0.2) is 0 Å². The van der Waals surface area contributed by atoms with Gasteiger partial charge in [-0.25, -0.2) is 0 Å². The average Bonchev–Trinajstić information content (AvgIpc) is 2.73. The summed E-state index contributed by atoms with van der Waals surface area (Å²) >= 11 is 0. The van der Waals surface area contributed by atoms with Gasteiger partial charge in [-0.05, 0) is 55.9 Å². The Balaban J connectivity index is 1.51. The van der Waals surface area contributed by atoms with Gasteiger partial charge in [0.05, 0.1) is 11.1 Å². The van der Waals surface area contributed by atoms with Gasteiger partial charge in [0.25, 0.3) is 11.8 Å². The van der Waals surface area contributed by atoms with E-state index in [9.17, 15) is 9.59 Å². The molecule has 0 aromatic carbocycles. The van der Waals surface area contributed by atoms with E-state index >= 15 is 0 Å². The van der Waals surface area contributed by atoms with Gasteiger partial charge >= 0.3 is 0 Å². The fourth-order valence-electron chi connectivity index (χ4n) is 3.04. The van der Waals surface area contributed by atoms with Gasteiger partial charge in [0.2, 0.25) is 0 Å². The normalized spacial score (nSPS) is 13.6. The molecule has 0 atom stereocenters. The van der Waals surface area contributed by atoms with Gasteiger partial charge in [-0.15, -0.1) is 0 Å². The molecule has 2 heterocycles. The molecule has 0 aliphatic heterocycles. The van der Waals surface area contributed by atoms with Gasteiger partial charge in [0.1, 0.15) is 0 Å². The minimum Gasteiger partial charge on any atom is -0.352 e. The Morgan fingerprint density at radius 3 is 2.41 bits per heavy atom. The lowest BCUT2D eigenvalue weighted by atomic mass is 9.97. The summed E-state index contributed by atoms with van der Waals surface area (Å²) in [5.41, 5.74) is 3.14. The monoisotopic (exact) mass is 364 g/mol. The maximum Gasteiger partial charge on any atom is 0.253 e. The van der Waals surface area contributed by atoms with E-state index in [4.69, 9.17) is 0 Å². The van der Waals surface area contributed by atoms with E-state index < -0.39 is 0 Å². The van der Waals surface area contributed by atoms with E-state index in [2.05, 4.69) is 26.7 Å². The summed E-state index contributed by atoms with van der Waals surface area (Å²) in [6.07, 6.45) is 14.2. The number of amides is 2. The minimum absolute atomic E-state index is 0.206. The Bertz CT molecular complexity index is 818. The van der Waals surface area contributed by atoms with Gasteiger partial charge in [0, 0.05) is 37.9 Å². The van der Waals surface area contributed by atoms with Crippen LogP contribution < -0.4 is 10.6 Å². The Labute approximate surface area is 159 Å². The SMILES string of the molecule is O=C(NCCC1=CCCCC1)c1cncc(C(=O)NCc2ccncc2)c1. The summed E-state index contributed by atoms with van der Waals surface area (Å²) in [4.78, 5) is 32.6. The molecule has 1 aliphatic carbocycles. The smallest absolute Gasteiger partial charge is 0.253 e. The van der Waals surface area contributed by atoms with Crippen molar-refractivity contribution in [1.82, 2.24) is 20.6 Å². The van der Waals surface area contributed by atoms with Crippen molar-refractivity contribution in [3.05, 3.63) is 71.3 Å². The molecular formula is C21H24N4O2. The minimum atomic E-state index is -0.263. The number of hydrogen-bond donors (Lipinski definition) is 2. The predicted molar refractivity (Wildman–Crippen MR) is 103 cm³/mol. The van der Waals surface area contributed by atoms with Crippen molar-refractivity contribution in [3.8, 4) is 0 Å². The summed E-state index contributed by atoms with van der Waals surface area (Å²) in [5.74, 6) is -0.469. The first-order valence-corrected chi connectivity index (χ1v) is 9.30. The van der Waals surface area contributed by atoms with Crippen LogP contribution in [0, 0.1) is 0 Å². The molecule has 2 aromatic heterocycles. The molecule has 6 nitrogen and oxygen atoms in total. The zero-order chi connectivity index (χ0) is 18.9. The Kier molecular flexibility index (Phi) is 6.68. The molecule has 2 amide bonds. The molecule has 3 rings (SSSR count). The summed E-state index contributed by atoms with van der Waals surface area (Å²) in [5, 5.41) is 5.73. The van der Waals surface area contributed by atoms with Crippen molar-refractivity contribution in [3.63, 3.8) is 0 Å². The van der Waals surface area contributed by atoms with E-state index in [1.807, 2.05) is 12.1 Å². The van der Waals surface area contributed by atoms with Crippen LogP contribution in [0.5, 0.6) is 0 Å². The van der Waals surface area contributed by atoms with Crippen LogP contribution in [0.3, 0.4) is 0 Å². The van der Waals surface area contributed by atoms with Crippen LogP contribution in [-0.2, 0) is 6.54 Å². The molecule has 2 aromatic rings. The highest BCUT2D eigenvalue weighted by molar-refractivity contribution is 5.99. The largest absolute Gasteiger partial charge is 0.352 e. The standard InChI is InChI=1S/C21H24N4O2/c26-20(24-11-8-16-4-2-1-3-5-16)18-12-19(15-23-14-18)21(27)25-13-17-6-9-22-10-7-17/h4,6-7,9-10,12,14-15H,1-3,5,8,11,13H2,(H,24,26)(H,25,27). The topological polar surface area (TPSA) is 84.0 Å². The lowest BCUT2D eigenvalue weighted by Gasteiger charge is -2.13. The van der Waals surface area contributed by atoms with E-state index in [0.717, 1.165) is 24.8 Å². The Morgan fingerprint density at radius 2 is 1.70 bits per heavy atom. The summed E-state index contributed by atoms with van der Waals surface area (Å²) in [6, 6.07) is 5.25. The van der Waals surface area contributed by atoms with E-state index in [1.165, 1.54) is 30.8 Å². The van der Waals surface area contributed by atoms with Crippen LogP contribution in [0.25, 0.3) is 0 Å². The number of carbonyl (C=O) groups is 2. The Hall–Kier alpha value is -3.02. The first-order chi connectivity index (χ1) is 13.2. The molecule has 0 radical (unpaired) electrons. The molecule has 2 N–H and O–H groups in total. The number of nitrogens with one attached hydrogen (secondary N) is 2. The number of carbonyl (C=O) groups excluding carboxylic acids is 2. The van der Waals surface area contributed by atoms with Gasteiger partial charge < -0.3 is 10.6 Å². The van der Waals surface area contributed by atoms with Gasteiger partial charge in [-0.3, -0.25) is 19.6 Å². The zero-order valence-electron chi connectivity index (χ0n) is 15.3. The molecule has 0 unspecified atom stereocenters. The molecule has 0 bridgehead atoms. The second kappa shape index (κ2) is 9.62. The second-order valence-electron chi connectivity index (χ2n) is 6.61. The third-order valence-electron chi connectivity index (χ3n) is 4.58. The highest BCUT2D eigenvalue weighted by atomic mass is 16.2. The van der Waals surface area contributed by atoms with E-state index in [1.54, 1.807) is 18.5 Å². The number of pyridine rings is 2. The van der Waals surface area contributed by atoms with Crippen LogP contribution in [0.2, 0.25) is 0 Å². The molecular weight excluding hydrogens is 340 g/mol. The summed E-state index contributed by atoms with van der Waals surface area (Å²) in [6.45, 7) is 0.996. The Morgan fingerprint density at radius 1 is 0.963 bits per heavy atom. The van der Waals surface area contributed by atoms with Crippen LogP contribution in [0.15, 0.2) is 54.6 Å². The van der Waals surface area contributed by atoms with Crippen molar-refractivity contribution in [2.45, 2.75) is 38.6 Å². The van der Waals surface area contributed by atoms with Crippen LogP contribution in [0.1, 0.15) is 58.4 Å². The van der Waals surface area contributed by atoms with Crippen LogP contribution >= 0.6 is 0 Å². The molecule has 1 aliphatic rings. The first kappa shape index (κ1) is 18.8. The number of rotatable bonds is 7. The first-order valence-electron chi connectivity index (χ1n) is 9.30. The van der Waals surface area contributed by atoms with Crippen LogP contribution in [-0.4, -0.2) is 28.3 Å². The number of aromatic nitrogens is 2. The summed E-state index contributed by atoms with van der Waals surface area (Å²) in [7, 11) is 0. The van der Waals surface area contributed by atoms with Crippen molar-refractivity contribution in [2.24, 2.45) is 0 Å². The lowest BCUT2D eigenvalue weighted by Crippen LogP contribution is -2.26. The molecule has 27 heavy (non-hydrogen) atoms. The number of nitrogens with zero attached hydrogens (tertiary/aromatic N) is 2. The highest BCUT2D eigenvalue weighted by Crippen LogP contribution is 2.19. The summed E-state index contributed by atoms with van der Waals surface area (Å²) < 4.78 is 0. The molecule has 0 spiro atoms. The van der Waals surface area contributed by atoms with E-state index in [-0.39, 0.29) is 11.8 Å². The number of allylic oxidation sites excluding steroid dienone is 1. The van der Waals surface area contributed by atoms with Crippen molar-refractivity contribution in [2.75, 3.05) is 6.54 Å². The van der Waals surface area contributed by atoms with E-state index in [0.29, 0.717) is 24.2 Å². The molecule has 0 saturated heterocycles. The highest BCUT2D eigenvalue weighted by Gasteiger charge is 2.12. The van der Waals surface area contributed by atoms with Crippen molar-refractivity contribution >= 4 is 11.8 Å². The van der Waals surface area contributed by atoms with Crippen molar-refractivity contribution < 1.29 is 9.59 Å². The third-order valence-corrected chi connectivity index (χ3v) is 4.58. The molecule has 6 heteroatoms. The number of hydrogen-bond acceptors (Lipinski definition) is 4. The molecule has 0 fully saturated rings. The quantitative estimate of drug-likeness (QED) is 0.740. The zero-order valence-corrected chi connectivity index (χ0v) is 15.3. The average molecular weight is 364 g/mol. The second-order valence-corrected chi connectivity index (χ2v) is 6.61. The predicted octanol–water partition coefficient (Wildman–Crippen LogP) is 3.03. The maximum atomic E-state index is 12.3. The third kappa shape index (κ3) is 5.74. The maximum absolute atomic E-state index is 12.3. The van der Waals surface area contributed by atoms with Crippen molar-refractivity contribution in [1.29, 1.82) is 0 Å².